The van der Waals surface area contributed by atoms with E-state index in [4.69, 9.17) is 9.84 Å². The van der Waals surface area contributed by atoms with Crippen LogP contribution in [0.4, 0.5) is 0 Å². The highest BCUT2D eigenvalue weighted by Crippen LogP contribution is 2.39. The number of benzene rings is 1. The number of fused-ring (bicyclic) bond motifs is 1. The van der Waals surface area contributed by atoms with Crippen LogP contribution in [0, 0.1) is 0 Å². The SMILES string of the molecule is O=C(O)CC1(NC(=O)c2ccc3c(c2)CCO3)CC1. The topological polar surface area (TPSA) is 75.6 Å². The van der Waals surface area contributed by atoms with Gasteiger partial charge in [-0.3, -0.25) is 9.59 Å². The smallest absolute Gasteiger partial charge is 0.305 e. The minimum atomic E-state index is -0.875. The molecule has 3 rings (SSSR count). The molecule has 1 aliphatic heterocycles. The number of carboxylic acids is 1. The van der Waals surface area contributed by atoms with Gasteiger partial charge in [-0.15, -0.1) is 0 Å². The lowest BCUT2D eigenvalue weighted by atomic mass is 10.1. The molecule has 1 aromatic rings. The highest BCUT2D eigenvalue weighted by atomic mass is 16.5. The van der Waals surface area contributed by atoms with Crippen LogP contribution in [-0.4, -0.2) is 29.1 Å². The molecule has 0 bridgehead atoms. The van der Waals surface area contributed by atoms with Gasteiger partial charge in [0.25, 0.3) is 5.91 Å². The lowest BCUT2D eigenvalue weighted by molar-refractivity contribution is -0.137. The first-order valence-corrected chi connectivity index (χ1v) is 6.38. The van der Waals surface area contributed by atoms with Gasteiger partial charge >= 0.3 is 5.97 Å². The molecule has 0 radical (unpaired) electrons. The largest absolute Gasteiger partial charge is 0.493 e. The van der Waals surface area contributed by atoms with Gasteiger partial charge in [0.05, 0.1) is 18.6 Å². The molecule has 0 saturated heterocycles. The van der Waals surface area contributed by atoms with Crippen molar-refractivity contribution in [3.63, 3.8) is 0 Å². The summed E-state index contributed by atoms with van der Waals surface area (Å²) < 4.78 is 5.39. The summed E-state index contributed by atoms with van der Waals surface area (Å²) in [5, 5.41) is 11.7. The lowest BCUT2D eigenvalue weighted by Gasteiger charge is -2.15. The summed E-state index contributed by atoms with van der Waals surface area (Å²) in [6.07, 6.45) is 2.28. The molecule has 100 valence electrons. The summed E-state index contributed by atoms with van der Waals surface area (Å²) >= 11 is 0. The summed E-state index contributed by atoms with van der Waals surface area (Å²) in [4.78, 5) is 22.9. The molecule has 2 aliphatic rings. The van der Waals surface area contributed by atoms with E-state index in [2.05, 4.69) is 5.32 Å². The third kappa shape index (κ3) is 2.41. The molecule has 1 aliphatic carbocycles. The van der Waals surface area contributed by atoms with Crippen molar-refractivity contribution < 1.29 is 19.4 Å². The molecule has 19 heavy (non-hydrogen) atoms. The van der Waals surface area contributed by atoms with Gasteiger partial charge in [0.1, 0.15) is 5.75 Å². The Bertz CT molecular complexity index is 548. The molecule has 1 saturated carbocycles. The Morgan fingerprint density at radius 2 is 2.16 bits per heavy atom. The first-order valence-electron chi connectivity index (χ1n) is 6.38. The van der Waals surface area contributed by atoms with Crippen molar-refractivity contribution in [3.05, 3.63) is 29.3 Å². The second-order valence-electron chi connectivity index (χ2n) is 5.23. The second-order valence-corrected chi connectivity index (χ2v) is 5.23. The van der Waals surface area contributed by atoms with Gasteiger partial charge in [-0.25, -0.2) is 0 Å². The van der Waals surface area contributed by atoms with Gasteiger partial charge < -0.3 is 15.2 Å². The van der Waals surface area contributed by atoms with Crippen molar-refractivity contribution in [1.82, 2.24) is 5.32 Å². The molecule has 5 heteroatoms. The van der Waals surface area contributed by atoms with Crippen LogP contribution >= 0.6 is 0 Å². The maximum Gasteiger partial charge on any atom is 0.305 e. The highest BCUT2D eigenvalue weighted by Gasteiger charge is 2.45. The van der Waals surface area contributed by atoms with Gasteiger partial charge in [-0.2, -0.15) is 0 Å². The van der Waals surface area contributed by atoms with E-state index in [-0.39, 0.29) is 12.3 Å². The third-order valence-electron chi connectivity index (χ3n) is 3.67. The van der Waals surface area contributed by atoms with Crippen LogP contribution < -0.4 is 10.1 Å². The van der Waals surface area contributed by atoms with Gasteiger partial charge in [-0.1, -0.05) is 0 Å². The zero-order chi connectivity index (χ0) is 13.5. The maximum absolute atomic E-state index is 12.1. The van der Waals surface area contributed by atoms with E-state index in [1.807, 2.05) is 6.07 Å². The Balaban J connectivity index is 1.72. The van der Waals surface area contributed by atoms with Crippen molar-refractivity contribution in [2.45, 2.75) is 31.2 Å². The van der Waals surface area contributed by atoms with E-state index in [1.54, 1.807) is 12.1 Å². The summed E-state index contributed by atoms with van der Waals surface area (Å²) in [6, 6.07) is 5.35. The maximum atomic E-state index is 12.1. The van der Waals surface area contributed by atoms with Gasteiger partial charge in [0.15, 0.2) is 0 Å². The third-order valence-corrected chi connectivity index (χ3v) is 3.67. The molecule has 0 spiro atoms. The number of carbonyl (C=O) groups excluding carboxylic acids is 1. The highest BCUT2D eigenvalue weighted by molar-refractivity contribution is 5.95. The standard InChI is InChI=1S/C14H15NO4/c16-12(17)8-14(4-5-14)15-13(18)10-1-2-11-9(7-10)3-6-19-11/h1-2,7H,3-6,8H2,(H,15,18)(H,16,17). The number of nitrogens with one attached hydrogen (secondary N) is 1. The number of aliphatic carboxylic acids is 1. The van der Waals surface area contributed by atoms with Crippen LogP contribution in [0.25, 0.3) is 0 Å². The van der Waals surface area contributed by atoms with Crippen molar-refractivity contribution in [2.24, 2.45) is 0 Å². The lowest BCUT2D eigenvalue weighted by Crippen LogP contribution is -2.38. The molecule has 2 N–H and O–H groups in total. The number of carboxylic acid groups (broad SMARTS) is 1. The molecule has 1 heterocycles. The molecule has 0 atom stereocenters. The van der Waals surface area contributed by atoms with Crippen LogP contribution in [0.3, 0.4) is 0 Å². The van der Waals surface area contributed by atoms with Gasteiger partial charge in [0, 0.05) is 12.0 Å². The average molecular weight is 261 g/mol. The molecule has 1 aromatic carbocycles. The minimum Gasteiger partial charge on any atom is -0.493 e. The zero-order valence-corrected chi connectivity index (χ0v) is 10.4. The van der Waals surface area contributed by atoms with Crippen LogP contribution in [0.5, 0.6) is 5.75 Å². The predicted molar refractivity (Wildman–Crippen MR) is 67.3 cm³/mol. The number of ether oxygens (including phenoxy) is 1. The van der Waals surface area contributed by atoms with Crippen LogP contribution in [0.1, 0.15) is 35.2 Å². The Labute approximate surface area is 110 Å². The van der Waals surface area contributed by atoms with Crippen LogP contribution in [-0.2, 0) is 11.2 Å². The molecule has 0 unspecified atom stereocenters. The Morgan fingerprint density at radius 3 is 2.84 bits per heavy atom. The number of carbonyl (C=O) groups is 2. The summed E-state index contributed by atoms with van der Waals surface area (Å²) in [7, 11) is 0. The monoisotopic (exact) mass is 261 g/mol. The molecule has 5 nitrogen and oxygen atoms in total. The van der Waals surface area contributed by atoms with Crippen molar-refractivity contribution in [1.29, 1.82) is 0 Å². The van der Waals surface area contributed by atoms with E-state index < -0.39 is 11.5 Å². The fourth-order valence-electron chi connectivity index (χ4n) is 2.43. The minimum absolute atomic E-state index is 0.00715. The van der Waals surface area contributed by atoms with E-state index in [0.717, 1.165) is 30.6 Å². The van der Waals surface area contributed by atoms with E-state index in [9.17, 15) is 9.59 Å². The summed E-state index contributed by atoms with van der Waals surface area (Å²) in [5.41, 5.74) is 1.08. The zero-order valence-electron chi connectivity index (χ0n) is 10.4. The molecule has 1 fully saturated rings. The first-order chi connectivity index (χ1) is 9.08. The van der Waals surface area contributed by atoms with Crippen LogP contribution in [0.2, 0.25) is 0 Å². The van der Waals surface area contributed by atoms with E-state index in [1.165, 1.54) is 0 Å². The van der Waals surface area contributed by atoms with Crippen molar-refractivity contribution in [3.8, 4) is 5.75 Å². The summed E-state index contributed by atoms with van der Waals surface area (Å²) in [6.45, 7) is 0.656. The van der Waals surface area contributed by atoms with Gasteiger partial charge in [0.2, 0.25) is 0 Å². The number of rotatable bonds is 4. The molecule has 1 amide bonds. The number of amides is 1. The number of hydrogen-bond acceptors (Lipinski definition) is 3. The van der Waals surface area contributed by atoms with Crippen LogP contribution in [0.15, 0.2) is 18.2 Å². The quantitative estimate of drug-likeness (QED) is 0.858. The summed E-state index contributed by atoms with van der Waals surface area (Å²) in [5.74, 6) is -0.239. The van der Waals surface area contributed by atoms with Crippen molar-refractivity contribution >= 4 is 11.9 Å². The fourth-order valence-corrected chi connectivity index (χ4v) is 2.43. The van der Waals surface area contributed by atoms with E-state index >= 15 is 0 Å². The van der Waals surface area contributed by atoms with E-state index in [0.29, 0.717) is 12.2 Å². The second kappa shape index (κ2) is 4.26. The normalized spacial score (nSPS) is 18.3. The Morgan fingerprint density at radius 1 is 1.37 bits per heavy atom. The molecule has 0 aromatic heterocycles. The molecular weight excluding hydrogens is 246 g/mol. The fraction of sp³-hybridized carbons (Fsp3) is 0.429. The molecular formula is C14H15NO4. The van der Waals surface area contributed by atoms with Gasteiger partial charge in [-0.05, 0) is 36.6 Å². The number of hydrogen-bond donors (Lipinski definition) is 2. The average Bonchev–Trinajstić information content (AvgIpc) is 2.92. The Kier molecular flexibility index (Phi) is 2.69. The van der Waals surface area contributed by atoms with Crippen molar-refractivity contribution in [2.75, 3.05) is 6.61 Å². The first kappa shape index (κ1) is 12.0. The Hall–Kier alpha value is -2.04. The predicted octanol–water partition coefficient (Wildman–Crippen LogP) is 1.36.